The monoisotopic (exact) mass is 487 g/mol. The third-order valence-corrected chi connectivity index (χ3v) is 5.74. The summed E-state index contributed by atoms with van der Waals surface area (Å²) in [6, 6.07) is 27.0. The van der Waals surface area contributed by atoms with Crippen molar-refractivity contribution in [3.8, 4) is 11.5 Å². The number of benzene rings is 3. The van der Waals surface area contributed by atoms with E-state index in [0.717, 1.165) is 34.4 Å². The molecular formula is C29H33N3O4. The van der Waals surface area contributed by atoms with Crippen LogP contribution < -0.4 is 9.47 Å². The molecule has 7 heteroatoms. The number of ether oxygens (including phenoxy) is 2. The summed E-state index contributed by atoms with van der Waals surface area (Å²) in [4.78, 5) is 30.9. The van der Waals surface area contributed by atoms with Gasteiger partial charge in [-0.3, -0.25) is 9.59 Å². The number of para-hydroxylation sites is 1. The van der Waals surface area contributed by atoms with Crippen LogP contribution in [-0.4, -0.2) is 61.0 Å². The lowest BCUT2D eigenvalue weighted by Crippen LogP contribution is -2.38. The second-order valence-electron chi connectivity index (χ2n) is 8.10. The van der Waals surface area contributed by atoms with Crippen molar-refractivity contribution >= 4 is 23.2 Å². The molecule has 1 aromatic heterocycles. The van der Waals surface area contributed by atoms with Crippen LogP contribution >= 0.6 is 0 Å². The number of rotatable bonds is 10. The minimum atomic E-state index is -0.0803. The van der Waals surface area contributed by atoms with Gasteiger partial charge in [0.1, 0.15) is 17.2 Å². The van der Waals surface area contributed by atoms with Crippen molar-refractivity contribution in [1.82, 2.24) is 14.8 Å². The predicted octanol–water partition coefficient (Wildman–Crippen LogP) is 4.99. The number of nitrogens with one attached hydrogen (secondary N) is 1. The zero-order chi connectivity index (χ0) is 25.8. The number of amides is 2. The van der Waals surface area contributed by atoms with Gasteiger partial charge < -0.3 is 24.3 Å². The van der Waals surface area contributed by atoms with Crippen molar-refractivity contribution < 1.29 is 19.1 Å². The summed E-state index contributed by atoms with van der Waals surface area (Å²) in [6.45, 7) is 3.98. The van der Waals surface area contributed by atoms with Crippen molar-refractivity contribution in [2.45, 2.75) is 13.5 Å². The van der Waals surface area contributed by atoms with E-state index >= 15 is 0 Å². The van der Waals surface area contributed by atoms with Gasteiger partial charge in [0.15, 0.2) is 0 Å². The van der Waals surface area contributed by atoms with Gasteiger partial charge in [0.2, 0.25) is 6.41 Å². The molecule has 0 aliphatic rings. The number of carbonyl (C=O) groups is 2. The number of aromatic nitrogens is 1. The van der Waals surface area contributed by atoms with Gasteiger partial charge in [-0.2, -0.15) is 0 Å². The molecule has 188 valence electrons. The number of nitrogens with zero attached hydrogens (tertiary/aromatic N) is 2. The van der Waals surface area contributed by atoms with E-state index < -0.39 is 0 Å². The normalized spacial score (nSPS) is 10.2. The van der Waals surface area contributed by atoms with Gasteiger partial charge in [-0.1, -0.05) is 48.5 Å². The van der Waals surface area contributed by atoms with Gasteiger partial charge in [0.05, 0.1) is 14.2 Å². The molecule has 0 unspecified atom stereocenters. The first-order valence-electron chi connectivity index (χ1n) is 11.9. The predicted molar refractivity (Wildman–Crippen MR) is 142 cm³/mol. The fourth-order valence-electron chi connectivity index (χ4n) is 3.72. The minimum Gasteiger partial charge on any atom is -0.497 e. The van der Waals surface area contributed by atoms with Crippen molar-refractivity contribution in [2.75, 3.05) is 33.9 Å². The molecule has 0 atom stereocenters. The Hall–Kier alpha value is -4.26. The van der Waals surface area contributed by atoms with Gasteiger partial charge >= 0.3 is 0 Å². The van der Waals surface area contributed by atoms with Crippen molar-refractivity contribution in [3.63, 3.8) is 0 Å². The molecule has 7 nitrogen and oxygen atoms in total. The zero-order valence-corrected chi connectivity index (χ0v) is 21.0. The Kier molecular flexibility index (Phi) is 9.94. The second-order valence-corrected chi connectivity index (χ2v) is 8.10. The van der Waals surface area contributed by atoms with E-state index in [4.69, 9.17) is 9.47 Å². The summed E-state index contributed by atoms with van der Waals surface area (Å²) in [5, 5.41) is 0.928. The van der Waals surface area contributed by atoms with E-state index in [1.807, 2.05) is 91.9 Å². The third-order valence-electron chi connectivity index (χ3n) is 5.74. The van der Waals surface area contributed by atoms with E-state index in [1.165, 1.54) is 0 Å². The molecule has 1 heterocycles. The van der Waals surface area contributed by atoms with Crippen molar-refractivity contribution in [1.29, 1.82) is 0 Å². The highest BCUT2D eigenvalue weighted by molar-refractivity contribution is 5.98. The van der Waals surface area contributed by atoms with Gasteiger partial charge in [-0.25, -0.2) is 0 Å². The van der Waals surface area contributed by atoms with Gasteiger partial charge in [0, 0.05) is 37.1 Å². The fraction of sp³-hybridized carbons (Fsp3) is 0.241. The molecule has 0 saturated carbocycles. The summed E-state index contributed by atoms with van der Waals surface area (Å²) in [5.41, 5.74) is 2.48. The van der Waals surface area contributed by atoms with Gasteiger partial charge in [-0.15, -0.1) is 0 Å². The Morgan fingerprint density at radius 1 is 0.861 bits per heavy atom. The molecule has 4 rings (SSSR count). The molecule has 1 N–H and O–H groups in total. The zero-order valence-electron chi connectivity index (χ0n) is 21.0. The number of aromatic amines is 1. The molecule has 36 heavy (non-hydrogen) atoms. The van der Waals surface area contributed by atoms with Crippen LogP contribution in [0.4, 0.5) is 0 Å². The molecule has 0 radical (unpaired) electrons. The van der Waals surface area contributed by atoms with E-state index in [1.54, 1.807) is 24.0 Å². The molecule has 2 amide bonds. The number of likely N-dealkylation sites (N-methyl/N-ethyl adjacent to an activating group) is 1. The van der Waals surface area contributed by atoms with Crippen LogP contribution in [0.3, 0.4) is 0 Å². The van der Waals surface area contributed by atoms with Crippen molar-refractivity contribution in [2.24, 2.45) is 0 Å². The molecule has 3 aromatic carbocycles. The van der Waals surface area contributed by atoms with Crippen LogP contribution in [0, 0.1) is 0 Å². The molecule has 0 fully saturated rings. The summed E-state index contributed by atoms with van der Waals surface area (Å²) >= 11 is 0. The molecule has 0 saturated heterocycles. The van der Waals surface area contributed by atoms with Crippen LogP contribution in [0.25, 0.3) is 10.9 Å². The number of fused-ring (bicyclic) bond motifs is 1. The molecule has 0 bridgehead atoms. The number of hydrogen-bond acceptors (Lipinski definition) is 4. The summed E-state index contributed by atoms with van der Waals surface area (Å²) in [6.07, 6.45) is 0.834. The molecule has 0 aliphatic heterocycles. The average molecular weight is 488 g/mol. The second kappa shape index (κ2) is 13.6. The van der Waals surface area contributed by atoms with Gasteiger partial charge in [0.25, 0.3) is 5.91 Å². The van der Waals surface area contributed by atoms with Crippen LogP contribution in [0.2, 0.25) is 0 Å². The average Bonchev–Trinajstić information content (AvgIpc) is 3.37. The Labute approximate surface area is 212 Å². The highest BCUT2D eigenvalue weighted by Gasteiger charge is 2.17. The third kappa shape index (κ3) is 7.37. The summed E-state index contributed by atoms with van der Waals surface area (Å²) < 4.78 is 10.2. The lowest BCUT2D eigenvalue weighted by molar-refractivity contribution is -0.118. The van der Waals surface area contributed by atoms with Crippen molar-refractivity contribution in [3.05, 3.63) is 96.2 Å². The van der Waals surface area contributed by atoms with E-state index in [0.29, 0.717) is 31.9 Å². The Balaban J connectivity index is 0.000000383. The summed E-state index contributed by atoms with van der Waals surface area (Å²) in [5.74, 6) is 1.58. The van der Waals surface area contributed by atoms with Crippen LogP contribution in [0.5, 0.6) is 11.5 Å². The van der Waals surface area contributed by atoms with E-state index in [-0.39, 0.29) is 5.91 Å². The largest absolute Gasteiger partial charge is 0.497 e. The topological polar surface area (TPSA) is 74.9 Å². The maximum Gasteiger partial charge on any atom is 0.270 e. The van der Waals surface area contributed by atoms with E-state index in [2.05, 4.69) is 4.98 Å². The molecular weight excluding hydrogens is 454 g/mol. The number of H-pyrrole nitrogens is 1. The van der Waals surface area contributed by atoms with Crippen LogP contribution in [0.1, 0.15) is 23.0 Å². The Bertz CT molecular complexity index is 1230. The highest BCUT2D eigenvalue weighted by Crippen LogP contribution is 2.22. The molecule has 0 spiro atoms. The number of methoxy groups -OCH3 is 2. The molecule has 0 aliphatic carbocycles. The Morgan fingerprint density at radius 3 is 2.11 bits per heavy atom. The fourth-order valence-corrected chi connectivity index (χ4v) is 3.72. The number of carbonyl (C=O) groups excluding carboxylic acids is 2. The first-order valence-corrected chi connectivity index (χ1v) is 11.9. The maximum absolute atomic E-state index is 12.9. The SMILES string of the molecule is CCN(CCN(C=O)Cc1ccccc1)C(=O)c1cc2cc(OC)ccc2[nH]1.COc1ccccc1. The van der Waals surface area contributed by atoms with E-state index in [9.17, 15) is 9.59 Å². The highest BCUT2D eigenvalue weighted by atomic mass is 16.5. The van der Waals surface area contributed by atoms with Crippen LogP contribution in [-0.2, 0) is 11.3 Å². The Morgan fingerprint density at radius 2 is 1.53 bits per heavy atom. The van der Waals surface area contributed by atoms with Crippen LogP contribution in [0.15, 0.2) is 84.9 Å². The molecule has 4 aromatic rings. The first-order chi connectivity index (χ1) is 17.6. The van der Waals surface area contributed by atoms with Gasteiger partial charge in [-0.05, 0) is 48.9 Å². The first kappa shape index (κ1) is 26.3. The smallest absolute Gasteiger partial charge is 0.270 e. The standard InChI is InChI=1S/C22H25N3O3.C7H8O/c1-3-25(12-11-24(16-26)15-17-7-5-4-6-8-17)22(27)21-14-18-13-19(28-2)9-10-20(18)23-21;1-8-7-5-3-2-4-6-7/h4-10,13-14,16,23H,3,11-12,15H2,1-2H3;2-6H,1H3. The lowest BCUT2D eigenvalue weighted by atomic mass is 10.2. The quantitative estimate of drug-likeness (QED) is 0.320. The minimum absolute atomic E-state index is 0.0803. The summed E-state index contributed by atoms with van der Waals surface area (Å²) in [7, 11) is 3.28. The number of hydrogen-bond donors (Lipinski definition) is 1. The maximum atomic E-state index is 12.9. The lowest BCUT2D eigenvalue weighted by Gasteiger charge is -2.24.